The molecule has 2 nitrogen and oxygen atoms in total. The number of hydrogen-bond acceptors (Lipinski definition) is 2. The highest BCUT2D eigenvalue weighted by Crippen LogP contribution is 2.27. The molecule has 0 spiro atoms. The minimum absolute atomic E-state index is 0.268. The Morgan fingerprint density at radius 2 is 1.50 bits per heavy atom. The van der Waals surface area contributed by atoms with E-state index in [-0.39, 0.29) is 6.04 Å². The minimum Gasteiger partial charge on any atom is -0.306 e. The van der Waals surface area contributed by atoms with Crippen LogP contribution < -0.4 is 5.32 Å². The highest BCUT2D eigenvalue weighted by Gasteiger charge is 2.20. The molecule has 2 heteroatoms. The van der Waals surface area contributed by atoms with Gasteiger partial charge in [-0.2, -0.15) is 0 Å². The Kier molecular flexibility index (Phi) is 5.44. The Hall–Kier alpha value is -2.42. The summed E-state index contributed by atoms with van der Waals surface area (Å²) in [7, 11) is 0. The molecular weight excluding hydrogens is 316 g/mol. The molecule has 0 amide bonds. The molecule has 1 aliphatic heterocycles. The topological polar surface area (TPSA) is 15.3 Å². The SMILES string of the molecule is c1ccc(CN2CCCNC(c3ccccc3)c3ccccc3C2)cc1. The zero-order valence-corrected chi connectivity index (χ0v) is 15.1. The normalized spacial score (nSPS) is 18.4. The number of hydrogen-bond donors (Lipinski definition) is 1. The van der Waals surface area contributed by atoms with Gasteiger partial charge in [-0.25, -0.2) is 0 Å². The number of nitrogens with zero attached hydrogens (tertiary/aromatic N) is 1. The van der Waals surface area contributed by atoms with E-state index in [4.69, 9.17) is 0 Å². The van der Waals surface area contributed by atoms with Gasteiger partial charge in [-0.05, 0) is 35.2 Å². The lowest BCUT2D eigenvalue weighted by Crippen LogP contribution is -2.26. The van der Waals surface area contributed by atoms with Crippen molar-refractivity contribution in [1.82, 2.24) is 10.2 Å². The summed E-state index contributed by atoms with van der Waals surface area (Å²) < 4.78 is 0. The van der Waals surface area contributed by atoms with Crippen LogP contribution in [0.15, 0.2) is 84.9 Å². The lowest BCUT2D eigenvalue weighted by atomic mass is 9.94. The largest absolute Gasteiger partial charge is 0.306 e. The molecule has 0 saturated carbocycles. The first-order chi connectivity index (χ1) is 12.9. The fraction of sp³-hybridized carbons (Fsp3) is 0.250. The zero-order chi connectivity index (χ0) is 17.6. The monoisotopic (exact) mass is 342 g/mol. The molecule has 4 rings (SSSR count). The second-order valence-corrected chi connectivity index (χ2v) is 7.05. The van der Waals surface area contributed by atoms with Crippen LogP contribution in [-0.2, 0) is 13.1 Å². The smallest absolute Gasteiger partial charge is 0.0579 e. The molecule has 26 heavy (non-hydrogen) atoms. The number of rotatable bonds is 3. The summed E-state index contributed by atoms with van der Waals surface area (Å²) in [5.41, 5.74) is 5.55. The fourth-order valence-corrected chi connectivity index (χ4v) is 3.86. The van der Waals surface area contributed by atoms with Gasteiger partial charge in [0.1, 0.15) is 0 Å². The summed E-state index contributed by atoms with van der Waals surface area (Å²) in [6.07, 6.45) is 1.16. The van der Waals surface area contributed by atoms with Crippen molar-refractivity contribution in [3.8, 4) is 0 Å². The molecule has 0 saturated heterocycles. The van der Waals surface area contributed by atoms with E-state index in [2.05, 4.69) is 95.1 Å². The van der Waals surface area contributed by atoms with E-state index < -0.39 is 0 Å². The van der Waals surface area contributed by atoms with Gasteiger partial charge in [-0.3, -0.25) is 4.90 Å². The second-order valence-electron chi connectivity index (χ2n) is 7.05. The van der Waals surface area contributed by atoms with E-state index in [1.54, 1.807) is 0 Å². The molecule has 3 aromatic carbocycles. The van der Waals surface area contributed by atoms with Crippen LogP contribution in [0.3, 0.4) is 0 Å². The van der Waals surface area contributed by atoms with E-state index in [0.717, 1.165) is 32.6 Å². The molecule has 0 aromatic heterocycles. The van der Waals surface area contributed by atoms with Gasteiger partial charge in [0.25, 0.3) is 0 Å². The van der Waals surface area contributed by atoms with Crippen LogP contribution in [0.25, 0.3) is 0 Å². The Morgan fingerprint density at radius 3 is 2.31 bits per heavy atom. The molecule has 1 aliphatic rings. The predicted octanol–water partition coefficient (Wildman–Crippen LogP) is 4.77. The van der Waals surface area contributed by atoms with Crippen molar-refractivity contribution in [2.75, 3.05) is 13.1 Å². The van der Waals surface area contributed by atoms with Crippen LogP contribution in [0, 0.1) is 0 Å². The van der Waals surface area contributed by atoms with Crippen molar-refractivity contribution < 1.29 is 0 Å². The molecule has 3 aromatic rings. The molecule has 0 bridgehead atoms. The predicted molar refractivity (Wildman–Crippen MR) is 108 cm³/mol. The van der Waals surface area contributed by atoms with Gasteiger partial charge < -0.3 is 5.32 Å². The van der Waals surface area contributed by atoms with Gasteiger partial charge in [0.2, 0.25) is 0 Å². The van der Waals surface area contributed by atoms with Crippen molar-refractivity contribution in [3.63, 3.8) is 0 Å². The molecule has 1 N–H and O–H groups in total. The molecule has 1 heterocycles. The average molecular weight is 342 g/mol. The Balaban J connectivity index is 1.64. The van der Waals surface area contributed by atoms with E-state index in [1.807, 2.05) is 0 Å². The molecule has 0 fully saturated rings. The highest BCUT2D eigenvalue weighted by molar-refractivity contribution is 5.37. The van der Waals surface area contributed by atoms with E-state index in [1.165, 1.54) is 22.3 Å². The Labute approximate surface area is 156 Å². The van der Waals surface area contributed by atoms with Gasteiger partial charge in [0.05, 0.1) is 6.04 Å². The van der Waals surface area contributed by atoms with Gasteiger partial charge in [0.15, 0.2) is 0 Å². The van der Waals surface area contributed by atoms with Gasteiger partial charge in [0, 0.05) is 19.6 Å². The van der Waals surface area contributed by atoms with Gasteiger partial charge in [-0.15, -0.1) is 0 Å². The Morgan fingerprint density at radius 1 is 0.808 bits per heavy atom. The lowest BCUT2D eigenvalue weighted by molar-refractivity contribution is 0.254. The third kappa shape index (κ3) is 4.04. The summed E-state index contributed by atoms with van der Waals surface area (Å²) in [4.78, 5) is 2.57. The maximum atomic E-state index is 3.79. The number of nitrogens with one attached hydrogen (secondary N) is 1. The first kappa shape index (κ1) is 17.0. The third-order valence-corrected chi connectivity index (χ3v) is 5.14. The van der Waals surface area contributed by atoms with Gasteiger partial charge in [-0.1, -0.05) is 84.9 Å². The van der Waals surface area contributed by atoms with Crippen LogP contribution in [0.5, 0.6) is 0 Å². The maximum absolute atomic E-state index is 3.79. The molecule has 0 aliphatic carbocycles. The van der Waals surface area contributed by atoms with Crippen molar-refractivity contribution >= 4 is 0 Å². The highest BCUT2D eigenvalue weighted by atomic mass is 15.1. The van der Waals surface area contributed by atoms with E-state index >= 15 is 0 Å². The fourth-order valence-electron chi connectivity index (χ4n) is 3.86. The average Bonchev–Trinajstić information content (AvgIpc) is 2.78. The second kappa shape index (κ2) is 8.31. The van der Waals surface area contributed by atoms with Crippen LogP contribution in [-0.4, -0.2) is 18.0 Å². The first-order valence-corrected chi connectivity index (χ1v) is 9.52. The van der Waals surface area contributed by atoms with E-state index in [0.29, 0.717) is 0 Å². The lowest BCUT2D eigenvalue weighted by Gasteiger charge is -2.24. The van der Waals surface area contributed by atoms with Crippen molar-refractivity contribution in [2.24, 2.45) is 0 Å². The van der Waals surface area contributed by atoms with Crippen LogP contribution in [0.2, 0.25) is 0 Å². The first-order valence-electron chi connectivity index (χ1n) is 9.52. The Bertz CT molecular complexity index is 814. The molecule has 1 unspecified atom stereocenters. The van der Waals surface area contributed by atoms with Crippen LogP contribution in [0.1, 0.15) is 34.7 Å². The molecule has 0 radical (unpaired) electrons. The van der Waals surface area contributed by atoms with Crippen LogP contribution in [0.4, 0.5) is 0 Å². The van der Waals surface area contributed by atoms with Crippen molar-refractivity contribution in [2.45, 2.75) is 25.6 Å². The summed E-state index contributed by atoms with van der Waals surface area (Å²) in [6.45, 7) is 4.14. The summed E-state index contributed by atoms with van der Waals surface area (Å²) in [5.74, 6) is 0. The summed E-state index contributed by atoms with van der Waals surface area (Å²) in [6, 6.07) is 30.8. The molecular formula is C24H26N2. The quantitative estimate of drug-likeness (QED) is 0.737. The summed E-state index contributed by atoms with van der Waals surface area (Å²) in [5, 5.41) is 3.79. The molecule has 132 valence electrons. The maximum Gasteiger partial charge on any atom is 0.0579 e. The van der Waals surface area contributed by atoms with Crippen LogP contribution >= 0.6 is 0 Å². The number of fused-ring (bicyclic) bond motifs is 1. The summed E-state index contributed by atoms with van der Waals surface area (Å²) >= 11 is 0. The number of benzene rings is 3. The minimum atomic E-state index is 0.268. The zero-order valence-electron chi connectivity index (χ0n) is 15.1. The van der Waals surface area contributed by atoms with Gasteiger partial charge >= 0.3 is 0 Å². The van der Waals surface area contributed by atoms with E-state index in [9.17, 15) is 0 Å². The molecule has 1 atom stereocenters. The third-order valence-electron chi connectivity index (χ3n) is 5.14. The van der Waals surface area contributed by atoms with Crippen molar-refractivity contribution in [3.05, 3.63) is 107 Å². The standard InChI is InChI=1S/C24H26N2/c1-3-10-20(11-4-1)18-26-17-9-16-25-24(21-12-5-2-6-13-21)23-15-8-7-14-22(23)19-26/h1-8,10-15,24-25H,9,16-19H2. The van der Waals surface area contributed by atoms with Crippen molar-refractivity contribution in [1.29, 1.82) is 0 Å².